The highest BCUT2D eigenvalue weighted by molar-refractivity contribution is 7.47. The molecule has 290 valence electrons. The van der Waals surface area contributed by atoms with Crippen LogP contribution in [-0.2, 0) is 41.4 Å². The summed E-state index contributed by atoms with van der Waals surface area (Å²) < 4.78 is 64.4. The van der Waals surface area contributed by atoms with Gasteiger partial charge in [0.05, 0.1) is 44.7 Å². The highest BCUT2D eigenvalue weighted by Gasteiger charge is 2.44. The Bertz CT molecular complexity index is 1810. The molecule has 5 rings (SSSR count). The summed E-state index contributed by atoms with van der Waals surface area (Å²) in [4.78, 5) is 51.2. The number of aromatic amines is 1. The van der Waals surface area contributed by atoms with E-state index in [1.165, 1.54) is 17.9 Å². The molecule has 0 spiro atoms. The summed E-state index contributed by atoms with van der Waals surface area (Å²) in [6, 6.07) is 0. The van der Waals surface area contributed by atoms with Gasteiger partial charge in [-0.1, -0.05) is 0 Å². The van der Waals surface area contributed by atoms with E-state index in [1.54, 1.807) is 0 Å². The zero-order valence-electron chi connectivity index (χ0n) is 27.4. The third kappa shape index (κ3) is 9.70. The minimum absolute atomic E-state index is 0.0102. The molecule has 13 N–H and O–H groups in total. The first-order valence-corrected chi connectivity index (χ1v) is 18.5. The van der Waals surface area contributed by atoms with Gasteiger partial charge in [-0.05, 0) is 0 Å². The number of phosphoric acid groups is 2. The van der Waals surface area contributed by atoms with Crippen LogP contribution in [0.1, 0.15) is 25.5 Å². The van der Waals surface area contributed by atoms with Crippen LogP contribution in [0.3, 0.4) is 0 Å². The standard InChI is InChI=1S/C25H40N10O15P2/c1-29-11(5-36)22(27)32-19-2-12(37)15(47-19)6-46-52(42,43)50-14-4-18(30-9-26)48-17(14)8-45-51(40,41)44-7-16-13(38)3-20(49-16)35-10-31-21-23(35)33-25(28)34-24(21)39/h5,9-10,12-20,29,36-38H,2-4,6-8H2,1H3,(H2,26,30)(H2,27,32)(H,40,41)(H,42,43)(H3,28,33,34,39)/t12?,13?,14?,15-,16-,17-,18-,19-,20-/m1/s1. The van der Waals surface area contributed by atoms with Crippen molar-refractivity contribution in [2.24, 2.45) is 21.5 Å². The molecule has 3 aliphatic heterocycles. The van der Waals surface area contributed by atoms with Crippen LogP contribution in [0.4, 0.5) is 5.95 Å². The molecule has 0 bridgehead atoms. The number of phosphoric ester groups is 2. The van der Waals surface area contributed by atoms with Crippen LogP contribution in [-0.4, -0.2) is 133 Å². The molecule has 5 unspecified atom stereocenters. The first kappa shape index (κ1) is 39.7. The van der Waals surface area contributed by atoms with Crippen LogP contribution >= 0.6 is 15.6 Å². The Labute approximate surface area is 293 Å². The molecule has 11 atom stereocenters. The maximum absolute atomic E-state index is 12.9. The van der Waals surface area contributed by atoms with Crippen molar-refractivity contribution in [2.75, 3.05) is 32.6 Å². The molecule has 0 saturated carbocycles. The average molecular weight is 783 g/mol. The van der Waals surface area contributed by atoms with Gasteiger partial charge in [-0.3, -0.25) is 32.4 Å². The van der Waals surface area contributed by atoms with E-state index in [0.717, 1.165) is 6.34 Å². The van der Waals surface area contributed by atoms with Crippen LogP contribution in [0.25, 0.3) is 11.2 Å². The summed E-state index contributed by atoms with van der Waals surface area (Å²) in [7, 11) is -8.25. The van der Waals surface area contributed by atoms with Gasteiger partial charge in [0.1, 0.15) is 48.4 Å². The molecular weight excluding hydrogens is 742 g/mol. The molecule has 3 aliphatic rings. The number of aromatic nitrogens is 4. The minimum Gasteiger partial charge on any atom is -0.513 e. The number of amidine groups is 1. The number of aliphatic hydroxyl groups excluding tert-OH is 3. The number of nitrogens with two attached hydrogens (primary N) is 3. The summed E-state index contributed by atoms with van der Waals surface area (Å²) in [5, 5.41) is 32.7. The Morgan fingerprint density at radius 3 is 2.37 bits per heavy atom. The van der Waals surface area contributed by atoms with Crippen LogP contribution in [0, 0.1) is 0 Å². The zero-order valence-corrected chi connectivity index (χ0v) is 29.1. The van der Waals surface area contributed by atoms with Crippen molar-refractivity contribution < 1.29 is 66.5 Å². The number of anilines is 1. The van der Waals surface area contributed by atoms with E-state index in [2.05, 4.69) is 30.3 Å². The van der Waals surface area contributed by atoms with Gasteiger partial charge < -0.3 is 61.8 Å². The van der Waals surface area contributed by atoms with Crippen LogP contribution < -0.4 is 28.1 Å². The summed E-state index contributed by atoms with van der Waals surface area (Å²) in [6.45, 7) is -1.91. The smallest absolute Gasteiger partial charge is 0.472 e. The average Bonchev–Trinajstić information content (AvgIpc) is 3.84. The second kappa shape index (κ2) is 16.6. The fraction of sp³-hybridized carbons (Fsp3) is 0.640. The van der Waals surface area contributed by atoms with Gasteiger partial charge in [-0.25, -0.2) is 24.1 Å². The summed E-state index contributed by atoms with van der Waals surface area (Å²) in [5.74, 6) is -0.268. The number of imidazole rings is 1. The lowest BCUT2D eigenvalue weighted by molar-refractivity contribution is -0.0510. The van der Waals surface area contributed by atoms with E-state index in [-0.39, 0.29) is 47.9 Å². The molecule has 0 aromatic carbocycles. The Morgan fingerprint density at radius 1 is 1.06 bits per heavy atom. The van der Waals surface area contributed by atoms with Gasteiger partial charge in [0, 0.05) is 26.3 Å². The molecule has 2 aromatic heterocycles. The van der Waals surface area contributed by atoms with Crippen LogP contribution in [0.2, 0.25) is 0 Å². The van der Waals surface area contributed by atoms with E-state index in [0.29, 0.717) is 6.26 Å². The normalized spacial score (nSPS) is 32.4. The van der Waals surface area contributed by atoms with Crippen molar-refractivity contribution >= 4 is 44.9 Å². The number of H-pyrrole nitrogens is 1. The summed E-state index contributed by atoms with van der Waals surface area (Å²) in [5.41, 5.74) is 16.4. The largest absolute Gasteiger partial charge is 0.513 e. The molecule has 2 aromatic rings. The predicted molar refractivity (Wildman–Crippen MR) is 176 cm³/mol. The number of likely N-dealkylation sites (N-methyl/N-ethyl adjacent to an activating group) is 1. The lowest BCUT2D eigenvalue weighted by Gasteiger charge is -2.23. The predicted octanol–water partition coefficient (Wildman–Crippen LogP) is -2.46. The number of nitrogens with zero attached hydrogens (tertiary/aromatic N) is 5. The molecule has 3 saturated heterocycles. The fourth-order valence-electron chi connectivity index (χ4n) is 5.50. The second-order valence-corrected chi connectivity index (χ2v) is 14.4. The maximum atomic E-state index is 12.9. The van der Waals surface area contributed by atoms with Gasteiger partial charge in [0.15, 0.2) is 23.6 Å². The SMILES string of the molecule is CNC(=CO)C(N)=N[C@H]1CC(O)[C@@H](COP(=O)(O)OC2C[C@H](N=CN)O[C@@H]2COP(=O)(O)OC[C@H]2O[C@@H](n3cnc4c(=O)[nH]c(N)nc43)CC2O)O1. The lowest BCUT2D eigenvalue weighted by atomic mass is 10.2. The monoisotopic (exact) mass is 782 g/mol. The molecule has 52 heavy (non-hydrogen) atoms. The quantitative estimate of drug-likeness (QED) is 0.0365. The molecular formula is C25H40N10O15P2. The van der Waals surface area contributed by atoms with Crippen molar-refractivity contribution in [1.82, 2.24) is 24.8 Å². The van der Waals surface area contributed by atoms with E-state index < -0.39 is 96.3 Å². The van der Waals surface area contributed by atoms with Crippen molar-refractivity contribution in [3.8, 4) is 0 Å². The van der Waals surface area contributed by atoms with Gasteiger partial charge in [-0.2, -0.15) is 4.98 Å². The number of aliphatic imine (C=N–C) groups is 2. The number of hydrogen-bond acceptors (Lipinski definition) is 19. The number of ether oxygens (including phenoxy) is 3. The Balaban J connectivity index is 1.13. The molecule has 0 aliphatic carbocycles. The molecule has 5 heterocycles. The van der Waals surface area contributed by atoms with Gasteiger partial charge in [0.2, 0.25) is 5.95 Å². The van der Waals surface area contributed by atoms with Crippen molar-refractivity contribution in [3.05, 3.63) is 28.6 Å². The first-order valence-electron chi connectivity index (χ1n) is 15.5. The fourth-order valence-corrected chi connectivity index (χ4v) is 7.21. The lowest BCUT2D eigenvalue weighted by Crippen LogP contribution is -2.30. The highest BCUT2D eigenvalue weighted by atomic mass is 31.2. The van der Waals surface area contributed by atoms with Crippen molar-refractivity contribution in [3.63, 3.8) is 0 Å². The van der Waals surface area contributed by atoms with E-state index in [4.69, 9.17) is 49.5 Å². The second-order valence-electron chi connectivity index (χ2n) is 11.6. The molecule has 3 fully saturated rings. The third-order valence-corrected chi connectivity index (χ3v) is 10.00. The van der Waals surface area contributed by atoms with Gasteiger partial charge in [0.25, 0.3) is 5.56 Å². The minimum atomic E-state index is -4.89. The van der Waals surface area contributed by atoms with E-state index >= 15 is 0 Å². The number of fused-ring (bicyclic) bond motifs is 1. The Kier molecular flexibility index (Phi) is 12.7. The van der Waals surface area contributed by atoms with Crippen LogP contribution in [0.15, 0.2) is 33.1 Å². The zero-order chi connectivity index (χ0) is 37.8. The first-order chi connectivity index (χ1) is 24.6. The molecule has 0 amide bonds. The Hall–Kier alpha value is -3.55. The number of hydrogen-bond donors (Lipinski definition) is 10. The number of aliphatic hydroxyl groups is 3. The summed E-state index contributed by atoms with van der Waals surface area (Å²) >= 11 is 0. The number of nitrogens with one attached hydrogen (secondary N) is 2. The Morgan fingerprint density at radius 2 is 1.69 bits per heavy atom. The van der Waals surface area contributed by atoms with Gasteiger partial charge in [-0.15, -0.1) is 0 Å². The van der Waals surface area contributed by atoms with Crippen LogP contribution in [0.5, 0.6) is 0 Å². The molecule has 27 heteroatoms. The van der Waals surface area contributed by atoms with Gasteiger partial charge >= 0.3 is 15.6 Å². The van der Waals surface area contributed by atoms with Crippen molar-refractivity contribution in [1.29, 1.82) is 0 Å². The third-order valence-electron chi connectivity index (χ3n) is 8.03. The number of nitrogen functional groups attached to an aromatic ring is 1. The summed E-state index contributed by atoms with van der Waals surface area (Å²) in [6.07, 6.45) is -7.19. The van der Waals surface area contributed by atoms with E-state index in [1.807, 2.05) is 0 Å². The molecule has 25 nitrogen and oxygen atoms in total. The topological polar surface area (TPSA) is 378 Å². The maximum Gasteiger partial charge on any atom is 0.472 e. The van der Waals surface area contributed by atoms with Crippen molar-refractivity contribution in [2.45, 2.75) is 74.6 Å². The van der Waals surface area contributed by atoms with E-state index in [9.17, 15) is 39.0 Å². The highest BCUT2D eigenvalue weighted by Crippen LogP contribution is 2.49. The number of rotatable bonds is 16. The molecule has 0 radical (unpaired) electrons.